The summed E-state index contributed by atoms with van der Waals surface area (Å²) in [6.07, 6.45) is 3.18. The van der Waals surface area contributed by atoms with E-state index in [1.165, 1.54) is 4.90 Å². The second-order valence-corrected chi connectivity index (χ2v) is 7.39. The summed E-state index contributed by atoms with van der Waals surface area (Å²) in [6.45, 7) is 0.905. The van der Waals surface area contributed by atoms with Crippen molar-refractivity contribution < 1.29 is 19.1 Å². The van der Waals surface area contributed by atoms with E-state index in [1.54, 1.807) is 6.20 Å². The maximum atomic E-state index is 12.9. The van der Waals surface area contributed by atoms with Gasteiger partial charge in [-0.15, -0.1) is 0 Å². The number of thiocarbonyl (C=S) groups is 1. The summed E-state index contributed by atoms with van der Waals surface area (Å²) < 4.78 is 11.1. The maximum Gasteiger partial charge on any atom is 0.234 e. The van der Waals surface area contributed by atoms with Gasteiger partial charge in [-0.3, -0.25) is 19.5 Å². The van der Waals surface area contributed by atoms with Gasteiger partial charge in [-0.2, -0.15) is 0 Å². The zero-order valence-corrected chi connectivity index (χ0v) is 15.6. The van der Waals surface area contributed by atoms with Crippen LogP contribution in [0.5, 0.6) is 0 Å². The largest absolute Gasteiger partial charge is 0.359 e. The Bertz CT molecular complexity index is 731. The lowest BCUT2D eigenvalue weighted by molar-refractivity contribution is -0.137. The van der Waals surface area contributed by atoms with Gasteiger partial charge in [0.15, 0.2) is 5.11 Å². The molecule has 4 rings (SSSR count). The van der Waals surface area contributed by atoms with Gasteiger partial charge in [-0.1, -0.05) is 6.07 Å². The third-order valence-corrected chi connectivity index (χ3v) is 5.67. The molecule has 0 radical (unpaired) electrons. The lowest BCUT2D eigenvalue weighted by atomic mass is 9.79. The van der Waals surface area contributed by atoms with Crippen LogP contribution in [0.2, 0.25) is 0 Å². The van der Waals surface area contributed by atoms with Crippen molar-refractivity contribution in [3.8, 4) is 0 Å². The molecule has 4 unspecified atom stereocenters. The van der Waals surface area contributed by atoms with Crippen LogP contribution in [0.1, 0.15) is 25.0 Å². The Kier molecular flexibility index (Phi) is 5.33. The molecule has 1 aromatic heterocycles. The molecule has 2 aliphatic heterocycles. The number of hydrogen-bond donors (Lipinski definition) is 2. The molecule has 0 aromatic carbocycles. The number of nitrogens with one attached hydrogen (secondary N) is 2. The number of fused-ring (bicyclic) bond motifs is 2. The number of pyridine rings is 1. The third kappa shape index (κ3) is 3.95. The average Bonchev–Trinajstić information content (AvgIpc) is 3.13. The molecule has 4 atom stereocenters. The van der Waals surface area contributed by atoms with E-state index >= 15 is 0 Å². The van der Waals surface area contributed by atoms with Crippen LogP contribution < -0.4 is 10.6 Å². The van der Waals surface area contributed by atoms with Gasteiger partial charge in [0, 0.05) is 25.2 Å². The van der Waals surface area contributed by atoms with Crippen molar-refractivity contribution in [2.24, 2.45) is 5.92 Å². The number of hydrogen-bond acceptors (Lipinski definition) is 6. The van der Waals surface area contributed by atoms with Crippen molar-refractivity contribution >= 4 is 29.1 Å². The van der Waals surface area contributed by atoms with E-state index in [4.69, 9.17) is 21.7 Å². The molecule has 27 heavy (non-hydrogen) atoms. The SMILES string of the molecule is O=C(CCN1C(=O)C2CC3OCOC3CC2NC1=S)NCc1ccccn1. The summed E-state index contributed by atoms with van der Waals surface area (Å²) >= 11 is 5.37. The minimum Gasteiger partial charge on any atom is -0.359 e. The molecule has 0 spiro atoms. The average molecular weight is 390 g/mol. The van der Waals surface area contributed by atoms with E-state index in [0.29, 0.717) is 24.5 Å². The molecule has 1 aliphatic carbocycles. The van der Waals surface area contributed by atoms with E-state index in [-0.39, 0.29) is 55.7 Å². The van der Waals surface area contributed by atoms with E-state index in [2.05, 4.69) is 15.6 Å². The number of rotatable bonds is 5. The van der Waals surface area contributed by atoms with E-state index < -0.39 is 0 Å². The molecular weight excluding hydrogens is 368 g/mol. The highest BCUT2D eigenvalue weighted by atomic mass is 32.1. The standard InChI is InChI=1S/C18H22N4O4S/c23-16(20-9-11-3-1-2-5-19-11)4-6-22-17(24)12-7-14-15(26-10-25-14)8-13(12)21-18(22)27/h1-3,5,12-15H,4,6-10H2,(H,20,23)(H,21,27). The molecule has 144 valence electrons. The second-order valence-electron chi connectivity index (χ2n) is 7.00. The summed E-state index contributed by atoms with van der Waals surface area (Å²) in [6, 6.07) is 5.51. The Hall–Kier alpha value is -2.10. The van der Waals surface area contributed by atoms with Crippen molar-refractivity contribution in [2.75, 3.05) is 13.3 Å². The van der Waals surface area contributed by atoms with Crippen LogP contribution in [0.4, 0.5) is 0 Å². The molecule has 9 heteroatoms. The summed E-state index contributed by atoms with van der Waals surface area (Å²) in [7, 11) is 0. The first-order chi connectivity index (χ1) is 13.1. The van der Waals surface area contributed by atoms with Crippen molar-refractivity contribution in [3.05, 3.63) is 30.1 Å². The van der Waals surface area contributed by atoms with E-state index in [0.717, 1.165) is 5.69 Å². The molecular formula is C18H22N4O4S. The van der Waals surface area contributed by atoms with Crippen LogP contribution in [0.3, 0.4) is 0 Å². The number of aromatic nitrogens is 1. The quantitative estimate of drug-likeness (QED) is 0.700. The highest BCUT2D eigenvalue weighted by molar-refractivity contribution is 7.80. The fourth-order valence-electron chi connectivity index (χ4n) is 3.87. The van der Waals surface area contributed by atoms with Gasteiger partial charge in [-0.05, 0) is 37.2 Å². The fraction of sp³-hybridized carbons (Fsp3) is 0.556. The Morgan fingerprint density at radius 2 is 2.15 bits per heavy atom. The van der Waals surface area contributed by atoms with Crippen LogP contribution in [0.15, 0.2) is 24.4 Å². The molecule has 1 aromatic rings. The first-order valence-corrected chi connectivity index (χ1v) is 9.54. The van der Waals surface area contributed by atoms with Gasteiger partial charge in [-0.25, -0.2) is 0 Å². The monoisotopic (exact) mass is 390 g/mol. The molecule has 2 saturated heterocycles. The lowest BCUT2D eigenvalue weighted by Crippen LogP contribution is -2.63. The zero-order chi connectivity index (χ0) is 18.8. The minimum absolute atomic E-state index is 0.0258. The summed E-state index contributed by atoms with van der Waals surface area (Å²) in [5, 5.41) is 6.45. The van der Waals surface area contributed by atoms with Crippen molar-refractivity contribution in [3.63, 3.8) is 0 Å². The first-order valence-electron chi connectivity index (χ1n) is 9.13. The van der Waals surface area contributed by atoms with Crippen molar-refractivity contribution in [1.29, 1.82) is 0 Å². The van der Waals surface area contributed by atoms with Crippen LogP contribution in [-0.2, 0) is 25.6 Å². The minimum atomic E-state index is -0.198. The predicted molar refractivity (Wildman–Crippen MR) is 99.3 cm³/mol. The second kappa shape index (κ2) is 7.87. The molecule has 8 nitrogen and oxygen atoms in total. The third-order valence-electron chi connectivity index (χ3n) is 5.33. The summed E-state index contributed by atoms with van der Waals surface area (Å²) in [5.41, 5.74) is 0.787. The molecule has 0 bridgehead atoms. The number of ether oxygens (including phenoxy) is 2. The van der Waals surface area contributed by atoms with Crippen LogP contribution in [0, 0.1) is 5.92 Å². The Labute approximate surface area is 162 Å². The smallest absolute Gasteiger partial charge is 0.234 e. The Morgan fingerprint density at radius 1 is 1.33 bits per heavy atom. The zero-order valence-electron chi connectivity index (χ0n) is 14.8. The number of carbonyl (C=O) groups excluding carboxylic acids is 2. The Morgan fingerprint density at radius 3 is 2.93 bits per heavy atom. The van der Waals surface area contributed by atoms with Gasteiger partial charge in [0.1, 0.15) is 6.79 Å². The van der Waals surface area contributed by atoms with E-state index in [1.807, 2.05) is 18.2 Å². The molecule has 2 amide bonds. The highest BCUT2D eigenvalue weighted by Gasteiger charge is 2.48. The maximum absolute atomic E-state index is 12.9. The van der Waals surface area contributed by atoms with Gasteiger partial charge in [0.2, 0.25) is 11.8 Å². The normalized spacial score (nSPS) is 29.7. The number of amides is 2. The topological polar surface area (TPSA) is 92.8 Å². The lowest BCUT2D eigenvalue weighted by Gasteiger charge is -2.44. The molecule has 3 heterocycles. The highest BCUT2D eigenvalue weighted by Crippen LogP contribution is 2.35. The molecule has 3 fully saturated rings. The van der Waals surface area contributed by atoms with Crippen LogP contribution >= 0.6 is 12.2 Å². The van der Waals surface area contributed by atoms with Gasteiger partial charge in [0.25, 0.3) is 0 Å². The molecule has 2 N–H and O–H groups in total. The van der Waals surface area contributed by atoms with E-state index in [9.17, 15) is 9.59 Å². The van der Waals surface area contributed by atoms with Crippen LogP contribution in [-0.4, -0.2) is 58.4 Å². The van der Waals surface area contributed by atoms with Gasteiger partial charge < -0.3 is 20.1 Å². The molecule has 1 saturated carbocycles. The van der Waals surface area contributed by atoms with Crippen molar-refractivity contribution in [1.82, 2.24) is 20.5 Å². The number of carbonyl (C=O) groups is 2. The summed E-state index contributed by atoms with van der Waals surface area (Å²) in [4.78, 5) is 30.7. The first kappa shape index (κ1) is 18.3. The predicted octanol–water partition coefficient (Wildman–Crippen LogP) is 0.325. The number of nitrogens with zero attached hydrogens (tertiary/aromatic N) is 2. The molecule has 3 aliphatic rings. The van der Waals surface area contributed by atoms with Gasteiger partial charge >= 0.3 is 0 Å². The van der Waals surface area contributed by atoms with Gasteiger partial charge in [0.05, 0.1) is 30.4 Å². The van der Waals surface area contributed by atoms with Crippen molar-refractivity contribution in [2.45, 2.75) is 44.1 Å². The fourth-order valence-corrected chi connectivity index (χ4v) is 4.20. The van der Waals surface area contributed by atoms with Crippen LogP contribution in [0.25, 0.3) is 0 Å². The summed E-state index contributed by atoms with van der Waals surface area (Å²) in [5.74, 6) is -0.374. The Balaban J connectivity index is 1.30.